The highest BCUT2D eigenvalue weighted by Crippen LogP contribution is 2.09. The second-order valence-corrected chi connectivity index (χ2v) is 2.38. The quantitative estimate of drug-likeness (QED) is 0.488. The van der Waals surface area contributed by atoms with Crippen LogP contribution in [0.2, 0.25) is 0 Å². The minimum Gasteiger partial charge on any atom is -0.550 e. The summed E-state index contributed by atoms with van der Waals surface area (Å²) in [7, 11) is 0. The molecule has 0 aliphatic heterocycles. The van der Waals surface area contributed by atoms with Gasteiger partial charge in [0.2, 0.25) is 0 Å². The molecule has 0 saturated heterocycles. The van der Waals surface area contributed by atoms with Crippen molar-refractivity contribution >= 4 is 5.97 Å². The van der Waals surface area contributed by atoms with E-state index in [-0.39, 0.29) is 6.54 Å². The highest BCUT2D eigenvalue weighted by atomic mass is 16.4. The van der Waals surface area contributed by atoms with E-state index in [0.29, 0.717) is 0 Å². The van der Waals surface area contributed by atoms with Gasteiger partial charge in [-0.1, -0.05) is 13.8 Å². The lowest BCUT2D eigenvalue weighted by Crippen LogP contribution is -2.42. The highest BCUT2D eigenvalue weighted by molar-refractivity contribution is 5.71. The van der Waals surface area contributed by atoms with Crippen molar-refractivity contribution in [3.8, 4) is 0 Å². The van der Waals surface area contributed by atoms with Crippen LogP contribution in [0.5, 0.6) is 0 Å². The summed E-state index contributed by atoms with van der Waals surface area (Å²) in [5.74, 6) is -1.10. The SMILES string of the molecule is CC(C)(CN)C(=O)[O-]. The van der Waals surface area contributed by atoms with E-state index in [0.717, 1.165) is 0 Å². The van der Waals surface area contributed by atoms with Crippen molar-refractivity contribution < 1.29 is 9.90 Å². The predicted octanol–water partition coefficient (Wildman–Crippen LogP) is -1.28. The van der Waals surface area contributed by atoms with E-state index >= 15 is 0 Å². The Morgan fingerprint density at radius 1 is 1.75 bits per heavy atom. The van der Waals surface area contributed by atoms with Gasteiger partial charge in [-0.05, 0) is 0 Å². The highest BCUT2D eigenvalue weighted by Gasteiger charge is 2.15. The Morgan fingerprint density at radius 2 is 2.12 bits per heavy atom. The van der Waals surface area contributed by atoms with Crippen LogP contribution in [0.3, 0.4) is 0 Å². The van der Waals surface area contributed by atoms with Crippen molar-refractivity contribution in [3.05, 3.63) is 0 Å². The summed E-state index contributed by atoms with van der Waals surface area (Å²) < 4.78 is 0. The Labute approximate surface area is 48.5 Å². The molecule has 0 bridgehead atoms. The van der Waals surface area contributed by atoms with E-state index in [1.54, 1.807) is 0 Å². The van der Waals surface area contributed by atoms with E-state index in [2.05, 4.69) is 0 Å². The third-order valence-electron chi connectivity index (χ3n) is 1.06. The van der Waals surface area contributed by atoms with Crippen molar-refractivity contribution in [2.24, 2.45) is 11.1 Å². The lowest BCUT2D eigenvalue weighted by atomic mass is 9.95. The molecule has 3 heteroatoms. The van der Waals surface area contributed by atoms with Crippen molar-refractivity contribution in [1.29, 1.82) is 0 Å². The maximum absolute atomic E-state index is 10.1. The van der Waals surface area contributed by atoms with Gasteiger partial charge in [0.25, 0.3) is 0 Å². The molecule has 0 aromatic heterocycles. The molecule has 0 spiro atoms. The molecule has 0 atom stereocenters. The predicted molar refractivity (Wildman–Crippen MR) is 27.8 cm³/mol. The Hall–Kier alpha value is -0.570. The third kappa shape index (κ3) is 1.50. The monoisotopic (exact) mass is 116 g/mol. The summed E-state index contributed by atoms with van der Waals surface area (Å²) in [6.45, 7) is 3.18. The molecular formula is C5H10NO2-. The van der Waals surface area contributed by atoms with E-state index in [4.69, 9.17) is 5.73 Å². The van der Waals surface area contributed by atoms with Crippen LogP contribution >= 0.6 is 0 Å². The number of hydrogen-bond acceptors (Lipinski definition) is 3. The zero-order valence-corrected chi connectivity index (χ0v) is 5.10. The largest absolute Gasteiger partial charge is 0.550 e. The first-order valence-electron chi connectivity index (χ1n) is 2.42. The fraction of sp³-hybridized carbons (Fsp3) is 0.800. The van der Waals surface area contributed by atoms with E-state index in [1.807, 2.05) is 0 Å². The normalized spacial score (nSPS) is 11.4. The number of carboxylic acid groups (broad SMARTS) is 1. The summed E-state index contributed by atoms with van der Waals surface area (Å²) in [6.07, 6.45) is 0. The minimum absolute atomic E-state index is 0.120. The lowest BCUT2D eigenvalue weighted by Gasteiger charge is -2.22. The standard InChI is InChI=1S/C5H11NO2/c1-5(2,3-6)4(7)8/h3,6H2,1-2H3,(H,7,8)/p-1. The molecule has 0 unspecified atom stereocenters. The Morgan fingerprint density at radius 3 is 2.12 bits per heavy atom. The molecule has 0 aliphatic rings. The molecule has 3 nitrogen and oxygen atoms in total. The fourth-order valence-electron chi connectivity index (χ4n) is 0.0833. The Kier molecular flexibility index (Phi) is 1.98. The first-order chi connectivity index (χ1) is 3.50. The van der Waals surface area contributed by atoms with Gasteiger partial charge in [-0.25, -0.2) is 0 Å². The van der Waals surface area contributed by atoms with Crippen LogP contribution in [0.25, 0.3) is 0 Å². The number of carbonyl (C=O) groups excluding carboxylic acids is 1. The third-order valence-corrected chi connectivity index (χ3v) is 1.06. The van der Waals surface area contributed by atoms with Crippen LogP contribution in [0.15, 0.2) is 0 Å². The fourth-order valence-corrected chi connectivity index (χ4v) is 0.0833. The molecule has 0 heterocycles. The first kappa shape index (κ1) is 7.43. The van der Waals surface area contributed by atoms with Crippen LogP contribution in [0.4, 0.5) is 0 Å². The van der Waals surface area contributed by atoms with Gasteiger partial charge >= 0.3 is 0 Å². The smallest absolute Gasteiger partial charge is 0.0483 e. The molecule has 0 saturated carbocycles. The maximum atomic E-state index is 10.1. The molecule has 0 rings (SSSR count). The van der Waals surface area contributed by atoms with Crippen molar-refractivity contribution in [2.45, 2.75) is 13.8 Å². The maximum Gasteiger partial charge on any atom is 0.0483 e. The average Bonchev–Trinajstić information content (AvgIpc) is 1.67. The van der Waals surface area contributed by atoms with E-state index < -0.39 is 11.4 Å². The number of rotatable bonds is 2. The van der Waals surface area contributed by atoms with Crippen molar-refractivity contribution in [2.75, 3.05) is 6.54 Å². The summed E-state index contributed by atoms with van der Waals surface area (Å²) in [6, 6.07) is 0. The summed E-state index contributed by atoms with van der Waals surface area (Å²) in [5, 5.41) is 10.1. The summed E-state index contributed by atoms with van der Waals surface area (Å²) in [4.78, 5) is 10.1. The molecule has 0 amide bonds. The number of nitrogens with two attached hydrogens (primary N) is 1. The molecule has 2 N–H and O–H groups in total. The van der Waals surface area contributed by atoms with Crippen LogP contribution in [-0.4, -0.2) is 12.5 Å². The second-order valence-electron chi connectivity index (χ2n) is 2.38. The molecule has 48 valence electrons. The van der Waals surface area contributed by atoms with Gasteiger partial charge in [0.05, 0.1) is 0 Å². The van der Waals surface area contributed by atoms with Gasteiger partial charge in [-0.15, -0.1) is 0 Å². The minimum atomic E-state index is -1.10. The number of carbonyl (C=O) groups is 1. The molecule has 0 radical (unpaired) electrons. The zero-order chi connectivity index (χ0) is 6.78. The van der Waals surface area contributed by atoms with Gasteiger partial charge in [0.15, 0.2) is 0 Å². The summed E-state index contributed by atoms with van der Waals surface area (Å²) in [5.41, 5.74) is 4.21. The number of carboxylic acids is 1. The Bertz CT molecular complexity index is 98.6. The zero-order valence-electron chi connectivity index (χ0n) is 5.10. The average molecular weight is 116 g/mol. The second kappa shape index (κ2) is 2.13. The molecular weight excluding hydrogens is 106 g/mol. The number of hydrogen-bond donors (Lipinski definition) is 1. The summed E-state index contributed by atoms with van der Waals surface area (Å²) >= 11 is 0. The van der Waals surface area contributed by atoms with Crippen LogP contribution in [0, 0.1) is 5.41 Å². The van der Waals surface area contributed by atoms with Gasteiger partial charge in [0.1, 0.15) is 0 Å². The van der Waals surface area contributed by atoms with Crippen LogP contribution < -0.4 is 10.8 Å². The number of aliphatic carboxylic acids is 1. The van der Waals surface area contributed by atoms with Crippen molar-refractivity contribution in [3.63, 3.8) is 0 Å². The molecule has 0 aliphatic carbocycles. The van der Waals surface area contributed by atoms with Crippen LogP contribution in [0.1, 0.15) is 13.8 Å². The molecule has 8 heavy (non-hydrogen) atoms. The molecule has 0 aromatic carbocycles. The first-order valence-corrected chi connectivity index (χ1v) is 2.42. The van der Waals surface area contributed by atoms with Crippen LogP contribution in [-0.2, 0) is 4.79 Å². The van der Waals surface area contributed by atoms with Gasteiger partial charge in [-0.2, -0.15) is 0 Å². The van der Waals surface area contributed by atoms with Crippen molar-refractivity contribution in [1.82, 2.24) is 0 Å². The molecule has 0 fully saturated rings. The topological polar surface area (TPSA) is 66.2 Å². The van der Waals surface area contributed by atoms with E-state index in [1.165, 1.54) is 13.8 Å². The van der Waals surface area contributed by atoms with E-state index in [9.17, 15) is 9.90 Å². The van der Waals surface area contributed by atoms with Gasteiger partial charge < -0.3 is 15.6 Å². The van der Waals surface area contributed by atoms with Gasteiger partial charge in [-0.3, -0.25) is 0 Å². The molecule has 0 aromatic rings. The van der Waals surface area contributed by atoms with Gasteiger partial charge in [0, 0.05) is 17.9 Å². The Balaban J connectivity index is 3.91. The lowest BCUT2D eigenvalue weighted by molar-refractivity contribution is -0.316.